The summed E-state index contributed by atoms with van der Waals surface area (Å²) in [5.74, 6) is 0.883. The van der Waals surface area contributed by atoms with Crippen LogP contribution >= 0.6 is 39.1 Å². The standard InChI is InChI=1S/C12H12BrCl2NO/c1-7-2-9(13)10(15)4-11(7)16-6-8(5-14)3-12(16)17/h2,4,8H,3,5-6H2,1H3. The van der Waals surface area contributed by atoms with Crippen LogP contribution in [0, 0.1) is 12.8 Å². The van der Waals surface area contributed by atoms with Crippen LogP contribution in [0.1, 0.15) is 12.0 Å². The Bertz CT molecular complexity index is 464. The average Bonchev–Trinajstić information content (AvgIpc) is 2.65. The molecule has 1 amide bonds. The van der Waals surface area contributed by atoms with Gasteiger partial charge in [-0.05, 0) is 46.5 Å². The first-order valence-electron chi connectivity index (χ1n) is 5.35. The Balaban J connectivity index is 2.35. The summed E-state index contributed by atoms with van der Waals surface area (Å²) in [6.45, 7) is 2.65. The van der Waals surface area contributed by atoms with E-state index < -0.39 is 0 Å². The quantitative estimate of drug-likeness (QED) is 0.747. The van der Waals surface area contributed by atoms with Gasteiger partial charge in [0.15, 0.2) is 0 Å². The smallest absolute Gasteiger partial charge is 0.227 e. The molecule has 1 aliphatic rings. The van der Waals surface area contributed by atoms with E-state index in [1.807, 2.05) is 19.1 Å². The summed E-state index contributed by atoms with van der Waals surface area (Å²) in [6, 6.07) is 3.76. The van der Waals surface area contributed by atoms with Crippen molar-refractivity contribution in [3.8, 4) is 0 Å². The molecule has 1 heterocycles. The highest BCUT2D eigenvalue weighted by Crippen LogP contribution is 2.34. The molecule has 0 saturated carbocycles. The van der Waals surface area contributed by atoms with Crippen LogP contribution in [-0.2, 0) is 4.79 Å². The highest BCUT2D eigenvalue weighted by atomic mass is 79.9. The van der Waals surface area contributed by atoms with Crippen LogP contribution in [0.4, 0.5) is 5.69 Å². The lowest BCUT2D eigenvalue weighted by molar-refractivity contribution is -0.117. The van der Waals surface area contributed by atoms with Gasteiger partial charge in [0, 0.05) is 29.0 Å². The largest absolute Gasteiger partial charge is 0.312 e. The number of nitrogens with zero attached hydrogens (tertiary/aromatic N) is 1. The molecule has 17 heavy (non-hydrogen) atoms. The van der Waals surface area contributed by atoms with Gasteiger partial charge < -0.3 is 4.90 Å². The van der Waals surface area contributed by atoms with Gasteiger partial charge in [0.05, 0.1) is 5.02 Å². The van der Waals surface area contributed by atoms with Gasteiger partial charge in [-0.2, -0.15) is 0 Å². The fraction of sp³-hybridized carbons (Fsp3) is 0.417. The molecule has 1 unspecified atom stereocenters. The summed E-state index contributed by atoms with van der Waals surface area (Å²) < 4.78 is 0.848. The predicted molar refractivity (Wildman–Crippen MR) is 75.1 cm³/mol. The lowest BCUT2D eigenvalue weighted by Gasteiger charge is -2.19. The van der Waals surface area contributed by atoms with Crippen molar-refractivity contribution in [3.05, 3.63) is 27.2 Å². The molecule has 1 saturated heterocycles. The minimum Gasteiger partial charge on any atom is -0.312 e. The average molecular weight is 337 g/mol. The van der Waals surface area contributed by atoms with Gasteiger partial charge in [-0.25, -0.2) is 0 Å². The lowest BCUT2D eigenvalue weighted by atomic mass is 10.1. The zero-order valence-electron chi connectivity index (χ0n) is 9.34. The molecule has 2 rings (SSSR count). The van der Waals surface area contributed by atoms with E-state index in [2.05, 4.69) is 15.9 Å². The Morgan fingerprint density at radius 3 is 2.82 bits per heavy atom. The molecule has 0 N–H and O–H groups in total. The molecule has 1 aromatic carbocycles. The Morgan fingerprint density at radius 2 is 2.24 bits per heavy atom. The number of hydrogen-bond donors (Lipinski definition) is 0. The summed E-state index contributed by atoms with van der Waals surface area (Å²) in [5.41, 5.74) is 1.92. The maximum atomic E-state index is 11.9. The molecule has 1 aromatic rings. The number of carbonyl (C=O) groups excluding carboxylic acids is 1. The number of halogens is 3. The molecular formula is C12H12BrCl2NO. The minimum absolute atomic E-state index is 0.122. The number of hydrogen-bond acceptors (Lipinski definition) is 1. The van der Waals surface area contributed by atoms with Crippen LogP contribution in [-0.4, -0.2) is 18.3 Å². The van der Waals surface area contributed by atoms with Gasteiger partial charge in [0.1, 0.15) is 0 Å². The van der Waals surface area contributed by atoms with Crippen molar-refractivity contribution >= 4 is 50.7 Å². The molecule has 0 bridgehead atoms. The van der Waals surface area contributed by atoms with Crippen molar-refractivity contribution in [2.45, 2.75) is 13.3 Å². The SMILES string of the molecule is Cc1cc(Br)c(Cl)cc1N1CC(CCl)CC1=O. The first-order chi connectivity index (χ1) is 8.02. The van der Waals surface area contributed by atoms with Gasteiger partial charge >= 0.3 is 0 Å². The van der Waals surface area contributed by atoms with E-state index in [1.54, 1.807) is 4.90 Å². The van der Waals surface area contributed by atoms with Gasteiger partial charge in [0.2, 0.25) is 5.91 Å². The number of aryl methyl sites for hydroxylation is 1. The number of carbonyl (C=O) groups is 1. The Kier molecular flexibility index (Phi) is 4.01. The Morgan fingerprint density at radius 1 is 1.53 bits per heavy atom. The van der Waals surface area contributed by atoms with Crippen LogP contribution in [0.15, 0.2) is 16.6 Å². The van der Waals surface area contributed by atoms with Crippen molar-refractivity contribution in [2.24, 2.45) is 5.92 Å². The molecule has 1 atom stereocenters. The van der Waals surface area contributed by atoms with Gasteiger partial charge in [-0.15, -0.1) is 11.6 Å². The van der Waals surface area contributed by atoms with Crippen molar-refractivity contribution in [1.29, 1.82) is 0 Å². The number of anilines is 1. The van der Waals surface area contributed by atoms with Gasteiger partial charge in [-0.3, -0.25) is 4.79 Å². The number of alkyl halides is 1. The first kappa shape index (κ1) is 13.2. The molecule has 1 aliphatic heterocycles. The van der Waals surface area contributed by atoms with E-state index in [4.69, 9.17) is 23.2 Å². The van der Waals surface area contributed by atoms with E-state index in [-0.39, 0.29) is 11.8 Å². The lowest BCUT2D eigenvalue weighted by Crippen LogP contribution is -2.25. The molecule has 92 valence electrons. The summed E-state index contributed by atoms with van der Waals surface area (Å²) in [5, 5.41) is 0.618. The number of benzene rings is 1. The molecule has 0 aromatic heterocycles. The third-order valence-corrected chi connectivity index (χ3v) is 4.59. The Labute approximate surface area is 119 Å². The molecule has 2 nitrogen and oxygen atoms in total. The highest BCUT2D eigenvalue weighted by Gasteiger charge is 2.30. The normalized spacial score (nSPS) is 20.1. The summed E-state index contributed by atoms with van der Waals surface area (Å²) in [4.78, 5) is 13.7. The molecule has 0 radical (unpaired) electrons. The molecule has 5 heteroatoms. The van der Waals surface area contributed by atoms with Crippen LogP contribution in [0.5, 0.6) is 0 Å². The van der Waals surface area contributed by atoms with E-state index >= 15 is 0 Å². The molecule has 0 aliphatic carbocycles. The van der Waals surface area contributed by atoms with Crippen molar-refractivity contribution in [2.75, 3.05) is 17.3 Å². The number of rotatable bonds is 2. The van der Waals surface area contributed by atoms with E-state index in [9.17, 15) is 4.79 Å². The molecule has 1 fully saturated rings. The second kappa shape index (κ2) is 5.17. The highest BCUT2D eigenvalue weighted by molar-refractivity contribution is 9.10. The second-order valence-electron chi connectivity index (χ2n) is 4.28. The van der Waals surface area contributed by atoms with Gasteiger partial charge in [0.25, 0.3) is 0 Å². The van der Waals surface area contributed by atoms with Crippen LogP contribution in [0.2, 0.25) is 5.02 Å². The number of amides is 1. The fourth-order valence-electron chi connectivity index (χ4n) is 2.04. The third-order valence-electron chi connectivity index (χ3n) is 2.95. The zero-order chi connectivity index (χ0) is 12.6. The van der Waals surface area contributed by atoms with E-state index in [0.29, 0.717) is 23.9 Å². The maximum Gasteiger partial charge on any atom is 0.227 e. The van der Waals surface area contributed by atoms with Gasteiger partial charge in [-0.1, -0.05) is 11.6 Å². The summed E-state index contributed by atoms with van der Waals surface area (Å²) >= 11 is 15.3. The molecular weight excluding hydrogens is 325 g/mol. The van der Waals surface area contributed by atoms with E-state index in [0.717, 1.165) is 15.7 Å². The minimum atomic E-state index is 0.122. The first-order valence-corrected chi connectivity index (χ1v) is 7.05. The van der Waals surface area contributed by atoms with E-state index in [1.165, 1.54) is 0 Å². The fourth-order valence-corrected chi connectivity index (χ4v) is 2.87. The third kappa shape index (κ3) is 2.61. The van der Waals surface area contributed by atoms with Crippen LogP contribution in [0.3, 0.4) is 0 Å². The predicted octanol–water partition coefficient (Wildman–Crippen LogP) is 4.00. The second-order valence-corrected chi connectivity index (χ2v) is 5.85. The molecule has 0 spiro atoms. The van der Waals surface area contributed by atoms with Crippen molar-refractivity contribution in [3.63, 3.8) is 0 Å². The van der Waals surface area contributed by atoms with Crippen LogP contribution < -0.4 is 4.90 Å². The topological polar surface area (TPSA) is 20.3 Å². The van der Waals surface area contributed by atoms with Crippen LogP contribution in [0.25, 0.3) is 0 Å². The monoisotopic (exact) mass is 335 g/mol. The van der Waals surface area contributed by atoms with Crippen molar-refractivity contribution in [1.82, 2.24) is 0 Å². The van der Waals surface area contributed by atoms with Crippen molar-refractivity contribution < 1.29 is 4.79 Å². The summed E-state index contributed by atoms with van der Waals surface area (Å²) in [7, 11) is 0. The Hall–Kier alpha value is -0.250. The summed E-state index contributed by atoms with van der Waals surface area (Å²) in [6.07, 6.45) is 0.524. The zero-order valence-corrected chi connectivity index (χ0v) is 12.4. The maximum absolute atomic E-state index is 11.9.